The molecule has 10 nitrogen and oxygen atoms in total. The van der Waals surface area contributed by atoms with Gasteiger partial charge in [0.2, 0.25) is 15.9 Å². The molecule has 202 valence electrons. The number of hydrogen-bond acceptors (Lipinski definition) is 7. The molecule has 5 rings (SSSR count). The van der Waals surface area contributed by atoms with E-state index in [1.54, 1.807) is 6.07 Å². The number of hydrogen-bond donors (Lipinski definition) is 2. The van der Waals surface area contributed by atoms with E-state index >= 15 is 0 Å². The number of nitrogens with zero attached hydrogens (tertiary/aromatic N) is 2. The Morgan fingerprint density at radius 3 is 2.57 bits per heavy atom. The quantitative estimate of drug-likeness (QED) is 0.410. The Bertz CT molecular complexity index is 1350. The van der Waals surface area contributed by atoms with Crippen LogP contribution in [0.2, 0.25) is 0 Å². The van der Waals surface area contributed by atoms with Crippen molar-refractivity contribution in [3.63, 3.8) is 0 Å². The molecule has 0 radical (unpaired) electrons. The van der Waals surface area contributed by atoms with Crippen LogP contribution in [0.5, 0.6) is 0 Å². The van der Waals surface area contributed by atoms with Crippen molar-refractivity contribution < 1.29 is 27.1 Å². The number of carbonyl (C=O) groups is 2. The maximum Gasteiger partial charge on any atom is 0.348 e. The van der Waals surface area contributed by atoms with Crippen molar-refractivity contribution in [3.05, 3.63) is 18.2 Å². The molecule has 5 unspecified atom stereocenters. The molecule has 2 bridgehead atoms. The largest absolute Gasteiger partial charge is 0.348 e. The molecule has 2 aliphatic carbocycles. The monoisotopic (exact) mass is 550 g/mol. The minimum Gasteiger partial charge on any atom is -0.342 e. The lowest BCUT2D eigenvalue weighted by atomic mass is 9.76. The number of likely N-dealkylation sites (tertiary alicyclic amines) is 1. The van der Waals surface area contributed by atoms with Crippen LogP contribution in [0.4, 0.5) is 11.4 Å². The van der Waals surface area contributed by atoms with E-state index in [1.807, 2.05) is 4.90 Å². The Hall–Kier alpha value is -2.23. The zero-order valence-electron chi connectivity index (χ0n) is 21.9. The van der Waals surface area contributed by atoms with Gasteiger partial charge in [-0.2, -0.15) is 4.76 Å². The standard InChI is InChI=1S/C25H35N4O6PS/c1-24(2,3)10-11-29-23(31)20(21(30)25(29)14-15-6-7-16(25)12-15)22-26-18-9-8-17(28-37(5,33)34)13-19(18)36(32,27-22)35-4/h8-9,13,15-16,20,28H,6-7,10-12,14H2,1-5H3,(H,26,27,32). The van der Waals surface area contributed by atoms with Gasteiger partial charge >= 0.3 is 7.52 Å². The van der Waals surface area contributed by atoms with Crippen LogP contribution in [0.1, 0.15) is 52.9 Å². The number of rotatable bonds is 6. The Kier molecular flexibility index (Phi) is 6.16. The topological polar surface area (TPSA) is 134 Å². The highest BCUT2D eigenvalue weighted by Gasteiger charge is 2.67. The summed E-state index contributed by atoms with van der Waals surface area (Å²) < 4.78 is 49.3. The Morgan fingerprint density at radius 2 is 2.00 bits per heavy atom. The number of anilines is 2. The molecule has 5 atom stereocenters. The molecule has 4 aliphatic rings. The molecule has 1 aromatic carbocycles. The first-order valence-electron chi connectivity index (χ1n) is 12.7. The smallest absolute Gasteiger partial charge is 0.342 e. The van der Waals surface area contributed by atoms with Crippen LogP contribution in [-0.4, -0.2) is 56.3 Å². The summed E-state index contributed by atoms with van der Waals surface area (Å²) in [4.78, 5) is 30.0. The average Bonchev–Trinajstić information content (AvgIpc) is 3.45. The molecule has 1 aromatic rings. The Balaban J connectivity index is 1.54. The van der Waals surface area contributed by atoms with Crippen LogP contribution in [0.25, 0.3) is 0 Å². The van der Waals surface area contributed by atoms with E-state index in [-0.39, 0.29) is 39.9 Å². The van der Waals surface area contributed by atoms with E-state index < -0.39 is 29.0 Å². The third-order valence-corrected chi connectivity index (χ3v) is 10.8. The number of carbonyl (C=O) groups excluding carboxylic acids is 2. The highest BCUT2D eigenvalue weighted by atomic mass is 32.2. The van der Waals surface area contributed by atoms with Crippen LogP contribution < -0.4 is 15.3 Å². The maximum atomic E-state index is 14.2. The van der Waals surface area contributed by atoms with Crippen molar-refractivity contribution in [2.45, 2.75) is 58.4 Å². The second-order valence-electron chi connectivity index (χ2n) is 12.0. The number of Topliss-reactive ketones (excluding diaryl/α,β-unsaturated/α-hetero) is 1. The summed E-state index contributed by atoms with van der Waals surface area (Å²) in [7, 11) is -6.20. The number of nitrogens with one attached hydrogen (secondary N) is 2. The molecule has 2 aliphatic heterocycles. The van der Waals surface area contributed by atoms with Crippen LogP contribution in [0.3, 0.4) is 0 Å². The van der Waals surface area contributed by atoms with Crippen molar-refractivity contribution in [2.75, 3.05) is 29.9 Å². The molecule has 37 heavy (non-hydrogen) atoms. The fourth-order valence-electron chi connectivity index (χ4n) is 6.56. The number of amides is 1. The Labute approximate surface area is 218 Å². The molecule has 1 amide bonds. The summed E-state index contributed by atoms with van der Waals surface area (Å²) in [6.45, 7) is 6.84. The van der Waals surface area contributed by atoms with E-state index in [0.717, 1.165) is 31.9 Å². The summed E-state index contributed by atoms with van der Waals surface area (Å²) in [5.41, 5.74) is -0.268. The third-order valence-electron chi connectivity index (χ3n) is 8.21. The summed E-state index contributed by atoms with van der Waals surface area (Å²) in [5.74, 6) is -1.03. The lowest BCUT2D eigenvalue weighted by molar-refractivity contribution is -0.136. The SMILES string of the molecule is COP1(=O)N=C(C2C(=O)N(CCC(C)(C)C)C3(CC4CCC3C4)C2=O)Nc2ccc(NS(C)(=O)=O)cc21. The lowest BCUT2D eigenvalue weighted by Gasteiger charge is -2.41. The van der Waals surface area contributed by atoms with Gasteiger partial charge in [0.15, 0.2) is 11.7 Å². The number of sulfonamides is 1. The summed E-state index contributed by atoms with van der Waals surface area (Å²) in [5, 5.41) is 3.25. The van der Waals surface area contributed by atoms with Gasteiger partial charge in [0.1, 0.15) is 11.4 Å². The van der Waals surface area contributed by atoms with Gasteiger partial charge in [-0.15, -0.1) is 0 Å². The predicted octanol–water partition coefficient (Wildman–Crippen LogP) is 3.37. The predicted molar refractivity (Wildman–Crippen MR) is 143 cm³/mol. The zero-order valence-corrected chi connectivity index (χ0v) is 23.6. The van der Waals surface area contributed by atoms with Gasteiger partial charge in [0, 0.05) is 19.3 Å². The first kappa shape index (κ1) is 26.4. The summed E-state index contributed by atoms with van der Waals surface area (Å²) >= 11 is 0. The van der Waals surface area contributed by atoms with Crippen molar-refractivity contribution in [2.24, 2.45) is 27.9 Å². The first-order chi connectivity index (χ1) is 17.2. The fourth-order valence-corrected chi connectivity index (χ4v) is 8.68. The highest BCUT2D eigenvalue weighted by Crippen LogP contribution is 2.58. The molecule has 1 spiro atoms. The van der Waals surface area contributed by atoms with Gasteiger partial charge in [-0.25, -0.2) is 8.42 Å². The second-order valence-corrected chi connectivity index (χ2v) is 15.9. The molecule has 0 aromatic heterocycles. The molecule has 12 heteroatoms. The molecular weight excluding hydrogens is 515 g/mol. The van der Waals surface area contributed by atoms with E-state index in [9.17, 15) is 22.6 Å². The normalized spacial score (nSPS) is 33.1. The number of benzene rings is 1. The van der Waals surface area contributed by atoms with E-state index in [2.05, 4.69) is 35.6 Å². The van der Waals surface area contributed by atoms with Crippen LogP contribution in [0.15, 0.2) is 23.0 Å². The lowest BCUT2D eigenvalue weighted by Crippen LogP contribution is -2.54. The minimum absolute atomic E-state index is 0.0107. The Morgan fingerprint density at radius 1 is 1.27 bits per heavy atom. The average molecular weight is 551 g/mol. The van der Waals surface area contributed by atoms with Crippen molar-refractivity contribution in [1.29, 1.82) is 0 Å². The van der Waals surface area contributed by atoms with Crippen molar-refractivity contribution in [3.8, 4) is 0 Å². The van der Waals surface area contributed by atoms with Crippen molar-refractivity contribution in [1.82, 2.24) is 4.90 Å². The van der Waals surface area contributed by atoms with Crippen LogP contribution >= 0.6 is 7.52 Å². The zero-order chi connectivity index (χ0) is 27.0. The van der Waals surface area contributed by atoms with E-state index in [1.165, 1.54) is 19.2 Å². The van der Waals surface area contributed by atoms with Gasteiger partial charge in [0.05, 0.1) is 17.2 Å². The molecule has 3 fully saturated rings. The first-order valence-corrected chi connectivity index (χ1v) is 16.1. The van der Waals surface area contributed by atoms with Gasteiger partial charge in [0.25, 0.3) is 0 Å². The van der Waals surface area contributed by atoms with Gasteiger partial charge in [-0.05, 0) is 67.6 Å². The fraction of sp³-hybridized carbons (Fsp3) is 0.640. The van der Waals surface area contributed by atoms with E-state index in [4.69, 9.17) is 4.52 Å². The number of ketones is 1. The molecule has 2 saturated carbocycles. The molecule has 2 N–H and O–H groups in total. The summed E-state index contributed by atoms with van der Waals surface area (Å²) in [6.07, 6.45) is 5.42. The number of amidine groups is 1. The number of fused-ring (bicyclic) bond motifs is 4. The second kappa shape index (κ2) is 8.64. The molecular formula is C25H35N4O6PS. The van der Waals surface area contributed by atoms with E-state index in [0.29, 0.717) is 24.6 Å². The van der Waals surface area contributed by atoms with Crippen LogP contribution in [0, 0.1) is 23.2 Å². The van der Waals surface area contributed by atoms with Crippen LogP contribution in [-0.2, 0) is 28.7 Å². The van der Waals surface area contributed by atoms with Crippen molar-refractivity contribution >= 4 is 51.7 Å². The van der Waals surface area contributed by atoms with Gasteiger partial charge < -0.3 is 14.7 Å². The third kappa shape index (κ3) is 4.42. The molecule has 1 saturated heterocycles. The molecule has 2 heterocycles. The van der Waals surface area contributed by atoms with Gasteiger partial charge in [-0.1, -0.05) is 20.8 Å². The summed E-state index contributed by atoms with van der Waals surface area (Å²) in [6, 6.07) is 4.47. The van der Waals surface area contributed by atoms with Gasteiger partial charge in [-0.3, -0.25) is 18.9 Å². The highest BCUT2D eigenvalue weighted by molar-refractivity contribution is 7.92. The minimum atomic E-state index is -3.89. The maximum absolute atomic E-state index is 14.2.